The molecule has 2 saturated heterocycles. The molecule has 2 amide bonds. The van der Waals surface area contributed by atoms with Gasteiger partial charge in [0, 0.05) is 23.7 Å². The monoisotopic (exact) mass is 363 g/mol. The van der Waals surface area contributed by atoms with E-state index < -0.39 is 6.04 Å². The van der Waals surface area contributed by atoms with Crippen LogP contribution in [-0.2, 0) is 9.59 Å². The van der Waals surface area contributed by atoms with E-state index in [1.54, 1.807) is 17.0 Å². The van der Waals surface area contributed by atoms with Crippen molar-refractivity contribution in [3.8, 4) is 0 Å². The van der Waals surface area contributed by atoms with Gasteiger partial charge in [-0.15, -0.1) is 0 Å². The molecule has 5 nitrogen and oxygen atoms in total. The van der Waals surface area contributed by atoms with Crippen LogP contribution in [0.5, 0.6) is 0 Å². The van der Waals surface area contributed by atoms with Gasteiger partial charge in [0.15, 0.2) is 0 Å². The van der Waals surface area contributed by atoms with Crippen LogP contribution in [0.4, 0.5) is 5.69 Å². The Kier molecular flexibility index (Phi) is 5.97. The highest BCUT2D eigenvalue weighted by Gasteiger charge is 2.34. The molecule has 2 fully saturated rings. The zero-order valence-corrected chi connectivity index (χ0v) is 15.4. The maximum Gasteiger partial charge on any atom is 0.249 e. The predicted molar refractivity (Wildman–Crippen MR) is 99.7 cm³/mol. The van der Waals surface area contributed by atoms with Crippen LogP contribution in [0.3, 0.4) is 0 Å². The van der Waals surface area contributed by atoms with Crippen LogP contribution in [-0.4, -0.2) is 37.5 Å². The molecule has 25 heavy (non-hydrogen) atoms. The second-order valence-electron chi connectivity index (χ2n) is 7.15. The van der Waals surface area contributed by atoms with E-state index in [1.807, 2.05) is 12.1 Å². The Bertz CT molecular complexity index is 631. The van der Waals surface area contributed by atoms with Gasteiger partial charge in [0.2, 0.25) is 11.8 Å². The van der Waals surface area contributed by atoms with Crippen LogP contribution in [0.1, 0.15) is 32.6 Å². The Morgan fingerprint density at radius 2 is 2.12 bits per heavy atom. The molecule has 2 atom stereocenters. The minimum absolute atomic E-state index is 0.0164. The average molecular weight is 364 g/mol. The van der Waals surface area contributed by atoms with Crippen molar-refractivity contribution in [2.24, 2.45) is 11.8 Å². The SMILES string of the molecule is CC(CC(=O)NC1CCN(c2cccc(Cl)c2)C1=O)C1CCNCC1. The summed E-state index contributed by atoms with van der Waals surface area (Å²) in [6, 6.07) is 6.84. The van der Waals surface area contributed by atoms with Crippen LogP contribution in [0, 0.1) is 11.8 Å². The number of nitrogens with zero attached hydrogens (tertiary/aromatic N) is 1. The van der Waals surface area contributed by atoms with Gasteiger partial charge in [-0.1, -0.05) is 24.6 Å². The zero-order chi connectivity index (χ0) is 17.8. The van der Waals surface area contributed by atoms with Gasteiger partial charge in [0.05, 0.1) is 0 Å². The lowest BCUT2D eigenvalue weighted by Gasteiger charge is -2.28. The maximum absolute atomic E-state index is 12.6. The van der Waals surface area contributed by atoms with Gasteiger partial charge in [-0.3, -0.25) is 9.59 Å². The fourth-order valence-corrected chi connectivity index (χ4v) is 4.02. The number of hydrogen-bond acceptors (Lipinski definition) is 3. The first-order chi connectivity index (χ1) is 12.0. The summed E-state index contributed by atoms with van der Waals surface area (Å²) in [4.78, 5) is 26.7. The van der Waals surface area contributed by atoms with Crippen molar-refractivity contribution < 1.29 is 9.59 Å². The van der Waals surface area contributed by atoms with Gasteiger partial charge in [-0.25, -0.2) is 0 Å². The molecule has 2 aliphatic rings. The fraction of sp³-hybridized carbons (Fsp3) is 0.579. The van der Waals surface area contributed by atoms with E-state index in [0.29, 0.717) is 36.2 Å². The number of rotatable bonds is 5. The first kappa shape index (κ1) is 18.2. The fourth-order valence-electron chi connectivity index (χ4n) is 3.84. The van der Waals surface area contributed by atoms with Gasteiger partial charge in [0.25, 0.3) is 0 Å². The molecule has 136 valence electrons. The number of nitrogens with one attached hydrogen (secondary N) is 2. The molecule has 3 rings (SSSR count). The molecule has 6 heteroatoms. The number of anilines is 1. The summed E-state index contributed by atoms with van der Waals surface area (Å²) in [5.41, 5.74) is 0.789. The second kappa shape index (κ2) is 8.19. The number of carbonyl (C=O) groups excluding carboxylic acids is 2. The second-order valence-corrected chi connectivity index (χ2v) is 7.58. The van der Waals surface area contributed by atoms with Crippen molar-refractivity contribution in [1.29, 1.82) is 0 Å². The first-order valence-corrected chi connectivity index (χ1v) is 9.49. The number of amides is 2. The lowest BCUT2D eigenvalue weighted by Crippen LogP contribution is -2.42. The van der Waals surface area contributed by atoms with Crippen molar-refractivity contribution >= 4 is 29.1 Å². The van der Waals surface area contributed by atoms with Gasteiger partial charge in [-0.2, -0.15) is 0 Å². The number of piperidine rings is 1. The molecule has 0 saturated carbocycles. The quantitative estimate of drug-likeness (QED) is 0.845. The van der Waals surface area contributed by atoms with E-state index in [4.69, 9.17) is 11.6 Å². The number of benzene rings is 1. The largest absolute Gasteiger partial charge is 0.344 e. The summed E-state index contributed by atoms with van der Waals surface area (Å²) >= 11 is 6.01. The third-order valence-electron chi connectivity index (χ3n) is 5.36. The topological polar surface area (TPSA) is 61.4 Å². The number of halogens is 1. The molecule has 2 heterocycles. The van der Waals surface area contributed by atoms with Crippen molar-refractivity contribution in [1.82, 2.24) is 10.6 Å². The van der Waals surface area contributed by atoms with Crippen LogP contribution in [0.15, 0.2) is 24.3 Å². The summed E-state index contributed by atoms with van der Waals surface area (Å²) in [5.74, 6) is 0.874. The van der Waals surface area contributed by atoms with Crippen molar-refractivity contribution in [2.45, 2.75) is 38.6 Å². The molecule has 1 aromatic rings. The highest BCUT2D eigenvalue weighted by Crippen LogP contribution is 2.26. The smallest absolute Gasteiger partial charge is 0.249 e. The molecule has 0 spiro atoms. The summed E-state index contributed by atoms with van der Waals surface area (Å²) in [6.45, 7) is 4.82. The molecule has 2 N–H and O–H groups in total. The van der Waals surface area contributed by atoms with E-state index >= 15 is 0 Å². The highest BCUT2D eigenvalue weighted by molar-refractivity contribution is 6.31. The van der Waals surface area contributed by atoms with Crippen LogP contribution in [0.2, 0.25) is 5.02 Å². The predicted octanol–water partition coefficient (Wildman–Crippen LogP) is 2.59. The van der Waals surface area contributed by atoms with Crippen LogP contribution < -0.4 is 15.5 Å². The van der Waals surface area contributed by atoms with Gasteiger partial charge >= 0.3 is 0 Å². The van der Waals surface area contributed by atoms with Gasteiger partial charge < -0.3 is 15.5 Å². The third kappa shape index (κ3) is 4.53. The molecular weight excluding hydrogens is 338 g/mol. The van der Waals surface area contributed by atoms with Crippen LogP contribution in [0.25, 0.3) is 0 Å². The lowest BCUT2D eigenvalue weighted by atomic mass is 9.84. The zero-order valence-electron chi connectivity index (χ0n) is 14.6. The Labute approximate surface area is 154 Å². The van der Waals surface area contributed by atoms with E-state index in [1.165, 1.54) is 0 Å². The van der Waals surface area contributed by atoms with E-state index in [9.17, 15) is 9.59 Å². The van der Waals surface area contributed by atoms with Crippen LogP contribution >= 0.6 is 11.6 Å². The summed E-state index contributed by atoms with van der Waals surface area (Å²) < 4.78 is 0. The molecule has 2 unspecified atom stereocenters. The molecule has 0 radical (unpaired) electrons. The molecule has 1 aromatic carbocycles. The van der Waals surface area contributed by atoms with Crippen molar-refractivity contribution in [2.75, 3.05) is 24.5 Å². The van der Waals surface area contributed by atoms with Gasteiger partial charge in [-0.05, 0) is 62.4 Å². The summed E-state index contributed by atoms with van der Waals surface area (Å²) in [5, 5.41) is 6.89. The Morgan fingerprint density at radius 1 is 1.36 bits per heavy atom. The molecule has 0 bridgehead atoms. The number of carbonyl (C=O) groups is 2. The molecule has 2 aliphatic heterocycles. The molecule has 0 aromatic heterocycles. The molecular formula is C19H26ClN3O2. The Balaban J connectivity index is 1.53. The summed E-state index contributed by atoms with van der Waals surface area (Å²) in [6.07, 6.45) is 3.38. The Hall–Kier alpha value is -1.59. The minimum Gasteiger partial charge on any atom is -0.344 e. The van der Waals surface area contributed by atoms with E-state index in [-0.39, 0.29) is 11.8 Å². The first-order valence-electron chi connectivity index (χ1n) is 9.11. The maximum atomic E-state index is 12.6. The molecule has 0 aliphatic carbocycles. The average Bonchev–Trinajstić information content (AvgIpc) is 2.96. The van der Waals surface area contributed by atoms with Crippen molar-refractivity contribution in [3.63, 3.8) is 0 Å². The normalized spacial score (nSPS) is 22.9. The minimum atomic E-state index is -0.424. The Morgan fingerprint density at radius 3 is 2.84 bits per heavy atom. The third-order valence-corrected chi connectivity index (χ3v) is 5.59. The standard InChI is InChI=1S/C19H26ClN3O2/c1-13(14-5-8-21-9-6-14)11-18(24)22-17-7-10-23(19(17)25)16-4-2-3-15(20)12-16/h2-4,12-14,17,21H,5-11H2,1H3,(H,22,24). The van der Waals surface area contributed by atoms with E-state index in [2.05, 4.69) is 17.6 Å². The lowest BCUT2D eigenvalue weighted by molar-refractivity contribution is -0.127. The highest BCUT2D eigenvalue weighted by atomic mass is 35.5. The van der Waals surface area contributed by atoms with Gasteiger partial charge in [0.1, 0.15) is 6.04 Å². The number of hydrogen-bond donors (Lipinski definition) is 2. The summed E-state index contributed by atoms with van der Waals surface area (Å²) in [7, 11) is 0. The van der Waals surface area contributed by atoms with Crippen molar-refractivity contribution in [3.05, 3.63) is 29.3 Å². The van der Waals surface area contributed by atoms with E-state index in [0.717, 1.165) is 31.6 Å².